The lowest BCUT2D eigenvalue weighted by Gasteiger charge is -2.43. The molecule has 2 atom stereocenters. The zero-order chi connectivity index (χ0) is 10.0. The molecule has 2 aliphatic rings. The average molecular weight is 197 g/mol. The van der Waals surface area contributed by atoms with Gasteiger partial charge >= 0.3 is 0 Å². The summed E-state index contributed by atoms with van der Waals surface area (Å²) in [5.74, 6) is 0.735. The Bertz CT molecular complexity index is 187. The van der Waals surface area contributed by atoms with Crippen molar-refractivity contribution in [1.82, 2.24) is 0 Å². The van der Waals surface area contributed by atoms with Crippen molar-refractivity contribution in [3.05, 3.63) is 0 Å². The summed E-state index contributed by atoms with van der Waals surface area (Å²) in [6.07, 6.45) is 9.47. The first kappa shape index (κ1) is 10.4. The monoisotopic (exact) mass is 197 g/mol. The molecule has 2 heteroatoms. The first-order valence-electron chi connectivity index (χ1n) is 6.01. The molecule has 2 rings (SSSR count). The molecule has 14 heavy (non-hydrogen) atoms. The molecule has 2 saturated carbocycles. The third kappa shape index (κ3) is 1.82. The molecule has 2 aliphatic carbocycles. The van der Waals surface area contributed by atoms with Gasteiger partial charge in [0, 0.05) is 19.8 Å². The Morgan fingerprint density at radius 2 is 2.00 bits per heavy atom. The summed E-state index contributed by atoms with van der Waals surface area (Å²) in [4.78, 5) is 0. The lowest BCUT2D eigenvalue weighted by atomic mass is 9.64. The molecule has 0 heterocycles. The number of hydrogen-bond donors (Lipinski definition) is 1. The smallest absolute Gasteiger partial charge is 0.0496 e. The summed E-state index contributed by atoms with van der Waals surface area (Å²) in [7, 11) is 1.82. The van der Waals surface area contributed by atoms with E-state index in [2.05, 4.69) is 0 Å². The molecule has 0 amide bonds. The molecule has 0 radical (unpaired) electrons. The maximum absolute atomic E-state index is 6.05. The highest BCUT2D eigenvalue weighted by Gasteiger charge is 2.44. The SMILES string of the molecule is COCC1CC(N)CCC12CCCC2. The van der Waals surface area contributed by atoms with E-state index in [-0.39, 0.29) is 0 Å². The highest BCUT2D eigenvalue weighted by molar-refractivity contribution is 4.96. The van der Waals surface area contributed by atoms with Crippen LogP contribution in [0.1, 0.15) is 44.9 Å². The number of methoxy groups -OCH3 is 1. The zero-order valence-corrected chi connectivity index (χ0v) is 9.30. The van der Waals surface area contributed by atoms with E-state index in [4.69, 9.17) is 10.5 Å². The second-order valence-electron chi connectivity index (χ2n) is 5.26. The molecule has 2 fully saturated rings. The highest BCUT2D eigenvalue weighted by atomic mass is 16.5. The molecule has 0 aromatic heterocycles. The van der Waals surface area contributed by atoms with E-state index < -0.39 is 0 Å². The van der Waals surface area contributed by atoms with Crippen LogP contribution in [-0.4, -0.2) is 19.8 Å². The number of ether oxygens (including phenoxy) is 1. The van der Waals surface area contributed by atoms with Crippen LogP contribution in [0.4, 0.5) is 0 Å². The molecule has 0 aliphatic heterocycles. The van der Waals surface area contributed by atoms with Gasteiger partial charge in [-0.1, -0.05) is 12.8 Å². The van der Waals surface area contributed by atoms with Crippen molar-refractivity contribution < 1.29 is 4.74 Å². The van der Waals surface area contributed by atoms with Crippen LogP contribution in [0.5, 0.6) is 0 Å². The summed E-state index contributed by atoms with van der Waals surface area (Å²) in [5.41, 5.74) is 6.67. The Hall–Kier alpha value is -0.0800. The van der Waals surface area contributed by atoms with Crippen LogP contribution >= 0.6 is 0 Å². The van der Waals surface area contributed by atoms with Gasteiger partial charge in [-0.25, -0.2) is 0 Å². The van der Waals surface area contributed by atoms with Gasteiger partial charge in [-0.3, -0.25) is 0 Å². The molecule has 0 aromatic carbocycles. The molecule has 0 saturated heterocycles. The molecular formula is C12H23NO. The normalized spacial score (nSPS) is 36.4. The van der Waals surface area contributed by atoms with Gasteiger partial charge in [0.15, 0.2) is 0 Å². The van der Waals surface area contributed by atoms with Gasteiger partial charge in [0.2, 0.25) is 0 Å². The van der Waals surface area contributed by atoms with Crippen molar-refractivity contribution in [2.75, 3.05) is 13.7 Å². The molecular weight excluding hydrogens is 174 g/mol. The Labute approximate surface area is 87.2 Å². The Morgan fingerprint density at radius 3 is 2.64 bits per heavy atom. The molecule has 2 nitrogen and oxygen atoms in total. The summed E-state index contributed by atoms with van der Waals surface area (Å²) in [5, 5.41) is 0. The van der Waals surface area contributed by atoms with E-state index >= 15 is 0 Å². The quantitative estimate of drug-likeness (QED) is 0.737. The van der Waals surface area contributed by atoms with Gasteiger partial charge < -0.3 is 10.5 Å². The Kier molecular flexibility index (Phi) is 3.13. The van der Waals surface area contributed by atoms with E-state index in [9.17, 15) is 0 Å². The maximum atomic E-state index is 6.05. The first-order valence-corrected chi connectivity index (χ1v) is 6.01. The number of rotatable bonds is 2. The van der Waals surface area contributed by atoms with Gasteiger partial charge in [0.05, 0.1) is 0 Å². The van der Waals surface area contributed by atoms with Gasteiger partial charge in [0.25, 0.3) is 0 Å². The molecule has 82 valence electrons. The van der Waals surface area contributed by atoms with E-state index in [1.807, 2.05) is 7.11 Å². The molecule has 2 unspecified atom stereocenters. The average Bonchev–Trinajstić information content (AvgIpc) is 2.62. The molecule has 0 bridgehead atoms. The van der Waals surface area contributed by atoms with Crippen LogP contribution in [0.15, 0.2) is 0 Å². The molecule has 2 N–H and O–H groups in total. The van der Waals surface area contributed by atoms with Crippen LogP contribution in [0.3, 0.4) is 0 Å². The second kappa shape index (κ2) is 4.19. The van der Waals surface area contributed by atoms with Gasteiger partial charge in [0.1, 0.15) is 0 Å². The van der Waals surface area contributed by atoms with Gasteiger partial charge in [-0.2, -0.15) is 0 Å². The summed E-state index contributed by atoms with van der Waals surface area (Å²) in [6, 6.07) is 0.432. The van der Waals surface area contributed by atoms with E-state index in [1.54, 1.807) is 0 Å². The van der Waals surface area contributed by atoms with Crippen LogP contribution < -0.4 is 5.73 Å². The van der Waals surface area contributed by atoms with Gasteiger partial charge in [-0.05, 0) is 43.4 Å². The van der Waals surface area contributed by atoms with Gasteiger partial charge in [-0.15, -0.1) is 0 Å². The summed E-state index contributed by atoms with van der Waals surface area (Å²) >= 11 is 0. The van der Waals surface area contributed by atoms with Crippen LogP contribution in [0, 0.1) is 11.3 Å². The fraction of sp³-hybridized carbons (Fsp3) is 1.00. The summed E-state index contributed by atoms with van der Waals surface area (Å²) in [6.45, 7) is 0.924. The first-order chi connectivity index (χ1) is 6.77. The topological polar surface area (TPSA) is 35.2 Å². The summed E-state index contributed by atoms with van der Waals surface area (Å²) < 4.78 is 5.36. The minimum Gasteiger partial charge on any atom is -0.384 e. The van der Waals surface area contributed by atoms with Crippen molar-refractivity contribution in [3.8, 4) is 0 Å². The molecule has 1 spiro atoms. The van der Waals surface area contributed by atoms with E-state index in [0.717, 1.165) is 12.5 Å². The van der Waals surface area contributed by atoms with Crippen molar-refractivity contribution in [2.24, 2.45) is 17.1 Å². The largest absolute Gasteiger partial charge is 0.384 e. The standard InChI is InChI=1S/C12H23NO/c1-14-9-10-8-11(13)4-7-12(10)5-2-3-6-12/h10-11H,2-9,13H2,1H3. The predicted molar refractivity (Wildman–Crippen MR) is 58.1 cm³/mol. The van der Waals surface area contributed by atoms with Crippen LogP contribution in [-0.2, 0) is 4.74 Å². The lowest BCUT2D eigenvalue weighted by Crippen LogP contribution is -2.42. The fourth-order valence-electron chi connectivity index (χ4n) is 3.59. The number of nitrogens with two attached hydrogens (primary N) is 1. The van der Waals surface area contributed by atoms with Crippen molar-refractivity contribution in [2.45, 2.75) is 51.0 Å². The van der Waals surface area contributed by atoms with Crippen molar-refractivity contribution >= 4 is 0 Å². The zero-order valence-electron chi connectivity index (χ0n) is 9.30. The minimum atomic E-state index is 0.432. The van der Waals surface area contributed by atoms with Crippen molar-refractivity contribution in [3.63, 3.8) is 0 Å². The van der Waals surface area contributed by atoms with E-state index in [1.165, 1.54) is 44.9 Å². The highest BCUT2D eigenvalue weighted by Crippen LogP contribution is 2.52. The predicted octanol–water partition coefficient (Wildman–Crippen LogP) is 2.32. The fourth-order valence-corrected chi connectivity index (χ4v) is 3.59. The number of hydrogen-bond acceptors (Lipinski definition) is 2. The minimum absolute atomic E-state index is 0.432. The van der Waals surface area contributed by atoms with Crippen LogP contribution in [0.2, 0.25) is 0 Å². The second-order valence-corrected chi connectivity index (χ2v) is 5.26. The Balaban J connectivity index is 2.05. The maximum Gasteiger partial charge on any atom is 0.0496 e. The third-order valence-electron chi connectivity index (χ3n) is 4.43. The Morgan fingerprint density at radius 1 is 1.29 bits per heavy atom. The van der Waals surface area contributed by atoms with Crippen molar-refractivity contribution in [1.29, 1.82) is 0 Å². The lowest BCUT2D eigenvalue weighted by molar-refractivity contribution is 0.0217. The van der Waals surface area contributed by atoms with Crippen LogP contribution in [0.25, 0.3) is 0 Å². The third-order valence-corrected chi connectivity index (χ3v) is 4.43. The molecule has 0 aromatic rings. The van der Waals surface area contributed by atoms with E-state index in [0.29, 0.717) is 11.5 Å².